The highest BCUT2D eigenvalue weighted by Crippen LogP contribution is 2.25. The maximum Gasteiger partial charge on any atom is 0.100 e. The van der Waals surface area contributed by atoms with E-state index in [9.17, 15) is 0 Å². The Hall–Kier alpha value is -0.340. The fraction of sp³-hybridized carbons (Fsp3) is 0.818. The molecule has 13 heavy (non-hydrogen) atoms. The van der Waals surface area contributed by atoms with Crippen LogP contribution in [0.4, 0.5) is 0 Å². The van der Waals surface area contributed by atoms with Crippen LogP contribution in [0.3, 0.4) is 0 Å². The molecule has 0 unspecified atom stereocenters. The molecule has 0 spiro atoms. The van der Waals surface area contributed by atoms with Crippen LogP contribution in [0.5, 0.6) is 0 Å². The van der Waals surface area contributed by atoms with Gasteiger partial charge in [-0.05, 0) is 18.3 Å². The van der Waals surface area contributed by atoms with Crippen LogP contribution >= 0.6 is 0 Å². The molecule has 0 N–H and O–H groups in total. The second kappa shape index (κ2) is 7.10. The van der Waals surface area contributed by atoms with Crippen LogP contribution < -0.4 is 0 Å². The predicted octanol–water partition coefficient (Wildman–Crippen LogP) is 3.34. The van der Waals surface area contributed by atoms with Crippen molar-refractivity contribution in [3.05, 3.63) is 12.7 Å². The van der Waals surface area contributed by atoms with Crippen LogP contribution in [-0.4, -0.2) is 13.2 Å². The summed E-state index contributed by atoms with van der Waals surface area (Å²) in [5.41, 5.74) is 0.432. The summed E-state index contributed by atoms with van der Waals surface area (Å²) in [7, 11) is 0. The summed E-state index contributed by atoms with van der Waals surface area (Å²) in [5.74, 6) is 0. The Morgan fingerprint density at radius 1 is 1.31 bits per heavy atom. The van der Waals surface area contributed by atoms with Gasteiger partial charge in [-0.2, -0.15) is 0 Å². The minimum Gasteiger partial charge on any atom is -0.236 e. The second-order valence-electron chi connectivity index (χ2n) is 4.02. The summed E-state index contributed by atoms with van der Waals surface area (Å²) >= 11 is 0. The Morgan fingerprint density at radius 2 is 2.00 bits per heavy atom. The third-order valence-corrected chi connectivity index (χ3v) is 2.31. The van der Waals surface area contributed by atoms with Crippen molar-refractivity contribution < 1.29 is 9.78 Å². The lowest BCUT2D eigenvalue weighted by Gasteiger charge is -2.21. The van der Waals surface area contributed by atoms with E-state index in [1.54, 1.807) is 6.08 Å². The molecule has 0 aromatic carbocycles. The quantitative estimate of drug-likeness (QED) is 0.250. The lowest BCUT2D eigenvalue weighted by Crippen LogP contribution is -2.10. The fourth-order valence-electron chi connectivity index (χ4n) is 0.942. The van der Waals surface area contributed by atoms with E-state index >= 15 is 0 Å². The Morgan fingerprint density at radius 3 is 2.54 bits per heavy atom. The first-order valence-corrected chi connectivity index (χ1v) is 4.97. The molecule has 2 nitrogen and oxygen atoms in total. The van der Waals surface area contributed by atoms with E-state index in [1.807, 2.05) is 0 Å². The molecule has 0 radical (unpaired) electrons. The summed E-state index contributed by atoms with van der Waals surface area (Å²) in [5, 5.41) is 0. The first-order valence-electron chi connectivity index (χ1n) is 4.97. The molecule has 0 aliphatic rings. The van der Waals surface area contributed by atoms with Crippen molar-refractivity contribution in [2.75, 3.05) is 13.2 Å². The molecule has 0 saturated heterocycles. The average molecular weight is 186 g/mol. The molecule has 0 aromatic heterocycles. The van der Waals surface area contributed by atoms with Crippen LogP contribution in [0, 0.1) is 5.41 Å². The summed E-state index contributed by atoms with van der Waals surface area (Å²) in [6, 6.07) is 0. The zero-order valence-electron chi connectivity index (χ0n) is 9.14. The van der Waals surface area contributed by atoms with Gasteiger partial charge in [0.15, 0.2) is 0 Å². The smallest absolute Gasteiger partial charge is 0.100 e. The van der Waals surface area contributed by atoms with Crippen molar-refractivity contribution in [2.45, 2.75) is 40.0 Å². The van der Waals surface area contributed by atoms with E-state index in [4.69, 9.17) is 9.78 Å². The highest BCUT2D eigenvalue weighted by Gasteiger charge is 2.13. The third-order valence-electron chi connectivity index (χ3n) is 2.31. The van der Waals surface area contributed by atoms with E-state index in [2.05, 4.69) is 27.4 Å². The minimum atomic E-state index is 0.432. The molecule has 78 valence electrons. The molecule has 0 aliphatic carbocycles. The molecular weight excluding hydrogens is 164 g/mol. The van der Waals surface area contributed by atoms with E-state index in [-0.39, 0.29) is 0 Å². The average Bonchev–Trinajstić information content (AvgIpc) is 2.11. The standard InChI is InChI=1S/C11H22O2/c1-5-9-12-13-10-7-8-11(3,4)6-2/h5H,1,6-10H2,2-4H3. The van der Waals surface area contributed by atoms with Gasteiger partial charge in [0.05, 0.1) is 6.61 Å². The van der Waals surface area contributed by atoms with Gasteiger partial charge in [0, 0.05) is 0 Å². The van der Waals surface area contributed by atoms with Gasteiger partial charge in [-0.1, -0.05) is 33.3 Å². The summed E-state index contributed by atoms with van der Waals surface area (Å²) < 4.78 is 0. The monoisotopic (exact) mass is 186 g/mol. The highest BCUT2D eigenvalue weighted by atomic mass is 17.2. The number of rotatable bonds is 8. The molecule has 0 saturated carbocycles. The number of hydrogen-bond donors (Lipinski definition) is 0. The lowest BCUT2D eigenvalue weighted by atomic mass is 9.85. The van der Waals surface area contributed by atoms with E-state index in [1.165, 1.54) is 12.8 Å². The van der Waals surface area contributed by atoms with Gasteiger partial charge < -0.3 is 0 Å². The van der Waals surface area contributed by atoms with E-state index < -0.39 is 0 Å². The van der Waals surface area contributed by atoms with Crippen molar-refractivity contribution in [1.82, 2.24) is 0 Å². The van der Waals surface area contributed by atoms with Crippen molar-refractivity contribution in [3.63, 3.8) is 0 Å². The molecule has 2 heteroatoms. The lowest BCUT2D eigenvalue weighted by molar-refractivity contribution is -0.287. The van der Waals surface area contributed by atoms with Crippen LogP contribution in [0.15, 0.2) is 12.7 Å². The van der Waals surface area contributed by atoms with Crippen LogP contribution in [0.25, 0.3) is 0 Å². The summed E-state index contributed by atoms with van der Waals surface area (Å²) in [4.78, 5) is 9.76. The molecule has 0 rings (SSSR count). The van der Waals surface area contributed by atoms with Gasteiger partial charge in [-0.3, -0.25) is 0 Å². The minimum absolute atomic E-state index is 0.432. The molecule has 0 bridgehead atoms. The van der Waals surface area contributed by atoms with E-state index in [0.29, 0.717) is 18.6 Å². The maximum atomic E-state index is 4.94. The van der Waals surface area contributed by atoms with Crippen LogP contribution in [-0.2, 0) is 9.78 Å². The zero-order chi connectivity index (χ0) is 10.2. The molecule has 0 atom stereocenters. The van der Waals surface area contributed by atoms with Gasteiger partial charge in [-0.15, -0.1) is 6.58 Å². The van der Waals surface area contributed by atoms with Gasteiger partial charge in [0.25, 0.3) is 0 Å². The Labute approximate surface area is 81.9 Å². The van der Waals surface area contributed by atoms with Crippen molar-refractivity contribution in [1.29, 1.82) is 0 Å². The van der Waals surface area contributed by atoms with E-state index in [0.717, 1.165) is 6.42 Å². The first kappa shape index (κ1) is 12.7. The van der Waals surface area contributed by atoms with Crippen LogP contribution in [0.2, 0.25) is 0 Å². The fourth-order valence-corrected chi connectivity index (χ4v) is 0.942. The summed E-state index contributed by atoms with van der Waals surface area (Å²) in [6.07, 6.45) is 5.12. The van der Waals surface area contributed by atoms with Crippen molar-refractivity contribution in [3.8, 4) is 0 Å². The molecular formula is C11H22O2. The SMILES string of the molecule is C=CCOOCCCC(C)(C)CC. The molecule has 0 aromatic rings. The molecule has 0 amide bonds. The molecule has 0 fully saturated rings. The zero-order valence-corrected chi connectivity index (χ0v) is 9.14. The number of hydrogen-bond acceptors (Lipinski definition) is 2. The summed E-state index contributed by atoms with van der Waals surface area (Å²) in [6.45, 7) is 11.4. The second-order valence-corrected chi connectivity index (χ2v) is 4.02. The van der Waals surface area contributed by atoms with Crippen molar-refractivity contribution >= 4 is 0 Å². The predicted molar refractivity (Wildman–Crippen MR) is 55.4 cm³/mol. The third kappa shape index (κ3) is 8.00. The molecule has 0 heterocycles. The van der Waals surface area contributed by atoms with Gasteiger partial charge in [0.2, 0.25) is 0 Å². The Bertz CT molecular complexity index is 130. The Balaban J connectivity index is 3.20. The normalized spacial score (nSPS) is 11.6. The largest absolute Gasteiger partial charge is 0.236 e. The molecule has 0 aliphatic heterocycles. The first-order chi connectivity index (χ1) is 6.12. The van der Waals surface area contributed by atoms with Crippen LogP contribution in [0.1, 0.15) is 40.0 Å². The van der Waals surface area contributed by atoms with Gasteiger partial charge in [0.1, 0.15) is 6.61 Å². The van der Waals surface area contributed by atoms with Crippen molar-refractivity contribution in [2.24, 2.45) is 5.41 Å². The maximum absolute atomic E-state index is 4.94. The van der Waals surface area contributed by atoms with Gasteiger partial charge >= 0.3 is 0 Å². The topological polar surface area (TPSA) is 18.5 Å². The van der Waals surface area contributed by atoms with Gasteiger partial charge in [-0.25, -0.2) is 9.78 Å². The Kier molecular flexibility index (Phi) is 6.92. The highest BCUT2D eigenvalue weighted by molar-refractivity contribution is 4.65.